The molecule has 0 saturated carbocycles. The lowest BCUT2D eigenvalue weighted by molar-refractivity contribution is 0.234. The highest BCUT2D eigenvalue weighted by molar-refractivity contribution is 7.80. The van der Waals surface area contributed by atoms with Crippen molar-refractivity contribution in [2.75, 3.05) is 13.2 Å². The Bertz CT molecular complexity index is 636. The van der Waals surface area contributed by atoms with E-state index in [0.29, 0.717) is 5.57 Å². The third-order valence-corrected chi connectivity index (χ3v) is 3.09. The molecule has 0 aromatic carbocycles. The van der Waals surface area contributed by atoms with Crippen molar-refractivity contribution in [2.24, 2.45) is 0 Å². The molecule has 0 amide bonds. The molecule has 0 saturated heterocycles. The Morgan fingerprint density at radius 1 is 1.30 bits per heavy atom. The molecule has 0 bridgehead atoms. The number of nitrogens with zero attached hydrogens (tertiary/aromatic N) is 3. The minimum Gasteiger partial charge on any atom is -0.726 e. The predicted molar refractivity (Wildman–Crippen MR) is 68.1 cm³/mol. The van der Waals surface area contributed by atoms with Crippen LogP contribution in [0.25, 0.3) is 0 Å². The molecule has 0 spiro atoms. The number of rotatable bonds is 4. The van der Waals surface area contributed by atoms with E-state index in [1.165, 1.54) is 0 Å². The molecule has 106 valence electrons. The normalized spacial score (nSPS) is 15.1. The Kier molecular flexibility index (Phi) is 5.06. The second-order valence-corrected chi connectivity index (χ2v) is 5.06. The molecule has 1 heterocycles. The van der Waals surface area contributed by atoms with Crippen molar-refractivity contribution in [3.05, 3.63) is 34.7 Å². The predicted octanol–water partition coefficient (Wildman–Crippen LogP) is 0.930. The van der Waals surface area contributed by atoms with Crippen LogP contribution in [0, 0.1) is 22.7 Å². The summed E-state index contributed by atoms with van der Waals surface area (Å²) in [6.07, 6.45) is 3.28. The van der Waals surface area contributed by atoms with Crippen molar-refractivity contribution >= 4 is 10.4 Å². The molecule has 0 fully saturated rings. The van der Waals surface area contributed by atoms with Crippen LogP contribution < -0.4 is 0 Å². The molecule has 0 aliphatic carbocycles. The van der Waals surface area contributed by atoms with Gasteiger partial charge in [-0.1, -0.05) is 0 Å². The molecule has 0 N–H and O–H groups in total. The van der Waals surface area contributed by atoms with E-state index >= 15 is 0 Å². The lowest BCUT2D eigenvalue weighted by Crippen LogP contribution is -2.27. The summed E-state index contributed by atoms with van der Waals surface area (Å²) in [5.74, 6) is 0. The van der Waals surface area contributed by atoms with Gasteiger partial charge in [-0.3, -0.25) is 4.18 Å². The number of allylic oxidation sites excluding steroid dienone is 6. The van der Waals surface area contributed by atoms with Gasteiger partial charge in [-0.2, -0.15) is 10.5 Å². The third kappa shape index (κ3) is 4.21. The lowest BCUT2D eigenvalue weighted by Gasteiger charge is -2.29. The van der Waals surface area contributed by atoms with Crippen molar-refractivity contribution in [3.8, 4) is 12.1 Å². The molecule has 7 nitrogen and oxygen atoms in total. The van der Waals surface area contributed by atoms with Crippen molar-refractivity contribution in [1.82, 2.24) is 4.90 Å². The number of hydrogen-bond acceptors (Lipinski definition) is 7. The minimum absolute atomic E-state index is 0.00161. The maximum Gasteiger partial charge on any atom is 0.217 e. The molecule has 1 aliphatic heterocycles. The zero-order valence-electron chi connectivity index (χ0n) is 11.0. The topological polar surface area (TPSA) is 117 Å². The summed E-state index contributed by atoms with van der Waals surface area (Å²) in [6, 6.07) is 3.61. The fraction of sp³-hybridized carbons (Fsp3) is 0.333. The van der Waals surface area contributed by atoms with Crippen molar-refractivity contribution in [1.29, 1.82) is 10.5 Å². The van der Waals surface area contributed by atoms with Gasteiger partial charge in [-0.05, 0) is 26.0 Å². The summed E-state index contributed by atoms with van der Waals surface area (Å²) in [4.78, 5) is 1.72. The van der Waals surface area contributed by atoms with Crippen molar-refractivity contribution in [3.63, 3.8) is 0 Å². The van der Waals surface area contributed by atoms with Crippen LogP contribution in [0.1, 0.15) is 13.8 Å². The molecular weight excluding hydrogens is 282 g/mol. The summed E-state index contributed by atoms with van der Waals surface area (Å²) in [5, 5.41) is 17.6. The van der Waals surface area contributed by atoms with E-state index in [1.54, 1.807) is 43.0 Å². The monoisotopic (exact) mass is 294 g/mol. The Morgan fingerprint density at radius 3 is 2.20 bits per heavy atom. The molecule has 0 aromatic rings. The largest absolute Gasteiger partial charge is 0.726 e. The highest BCUT2D eigenvalue weighted by Crippen LogP contribution is 2.24. The van der Waals surface area contributed by atoms with Gasteiger partial charge in [-0.15, -0.1) is 0 Å². The standard InChI is InChI=1S/C12H13N3O4S/c1-9-5-11(12(7-13)8-14)6-10(2)15(9)3-4-19-20(16,17)18/h5-6H,3-4H2,1-2H3,(H,16,17,18)/p-1. The smallest absolute Gasteiger partial charge is 0.217 e. The molecule has 20 heavy (non-hydrogen) atoms. The van der Waals surface area contributed by atoms with Crippen LogP contribution in [-0.2, 0) is 14.6 Å². The first-order chi connectivity index (χ1) is 9.28. The summed E-state index contributed by atoms with van der Waals surface area (Å²) in [6.45, 7) is 3.39. The van der Waals surface area contributed by atoms with Crippen LogP contribution >= 0.6 is 0 Å². The molecule has 0 unspecified atom stereocenters. The average molecular weight is 294 g/mol. The average Bonchev–Trinajstić information content (AvgIpc) is 2.33. The first kappa shape index (κ1) is 15.9. The molecule has 1 rings (SSSR count). The molecule has 8 heteroatoms. The zero-order chi connectivity index (χ0) is 15.3. The number of hydrogen-bond donors (Lipinski definition) is 0. The van der Waals surface area contributed by atoms with E-state index in [9.17, 15) is 13.0 Å². The van der Waals surface area contributed by atoms with Crippen LogP contribution in [0.5, 0.6) is 0 Å². The molecular formula is C12H12N3O4S-. The van der Waals surface area contributed by atoms with Gasteiger partial charge in [-0.25, -0.2) is 8.42 Å². The van der Waals surface area contributed by atoms with Gasteiger partial charge in [0.1, 0.15) is 17.7 Å². The van der Waals surface area contributed by atoms with Gasteiger partial charge >= 0.3 is 0 Å². The Balaban J connectivity index is 2.89. The van der Waals surface area contributed by atoms with Gasteiger partial charge < -0.3 is 9.45 Å². The van der Waals surface area contributed by atoms with E-state index in [-0.39, 0.29) is 18.7 Å². The zero-order valence-corrected chi connectivity index (χ0v) is 11.8. The second kappa shape index (κ2) is 6.35. The van der Waals surface area contributed by atoms with Gasteiger partial charge in [0, 0.05) is 23.5 Å². The Hall–Kier alpha value is -2.13. The first-order valence-corrected chi connectivity index (χ1v) is 6.90. The molecule has 1 aliphatic rings. The SMILES string of the molecule is CC1=CC(=C(C#N)C#N)C=C(C)N1CCOS(=O)(=O)[O-]. The van der Waals surface area contributed by atoms with E-state index in [0.717, 1.165) is 11.4 Å². The van der Waals surface area contributed by atoms with E-state index in [1.807, 2.05) is 0 Å². The van der Waals surface area contributed by atoms with Crippen LogP contribution in [-0.4, -0.2) is 31.0 Å². The van der Waals surface area contributed by atoms with E-state index < -0.39 is 10.4 Å². The van der Waals surface area contributed by atoms with Gasteiger partial charge in [0.2, 0.25) is 10.4 Å². The molecule has 0 aromatic heterocycles. The maximum absolute atomic E-state index is 10.3. The van der Waals surface area contributed by atoms with Gasteiger partial charge in [0.05, 0.1) is 6.61 Å². The van der Waals surface area contributed by atoms with Crippen LogP contribution in [0.2, 0.25) is 0 Å². The van der Waals surface area contributed by atoms with E-state index in [4.69, 9.17) is 10.5 Å². The number of nitriles is 2. The van der Waals surface area contributed by atoms with Gasteiger partial charge in [0.25, 0.3) is 0 Å². The molecule has 0 radical (unpaired) electrons. The van der Waals surface area contributed by atoms with Crippen molar-refractivity contribution < 1.29 is 17.2 Å². The van der Waals surface area contributed by atoms with E-state index in [2.05, 4.69) is 4.18 Å². The van der Waals surface area contributed by atoms with Gasteiger partial charge in [0.15, 0.2) is 0 Å². The second-order valence-electron chi connectivity index (χ2n) is 4.01. The fourth-order valence-corrected chi connectivity index (χ4v) is 2.09. The van der Waals surface area contributed by atoms with Crippen LogP contribution in [0.4, 0.5) is 0 Å². The van der Waals surface area contributed by atoms with Crippen LogP contribution in [0.15, 0.2) is 34.7 Å². The fourth-order valence-electron chi connectivity index (χ4n) is 1.81. The summed E-state index contributed by atoms with van der Waals surface area (Å²) in [7, 11) is -4.70. The van der Waals surface area contributed by atoms with Crippen molar-refractivity contribution in [2.45, 2.75) is 13.8 Å². The summed E-state index contributed by atoms with van der Waals surface area (Å²) >= 11 is 0. The quantitative estimate of drug-likeness (QED) is 0.430. The third-order valence-electron chi connectivity index (χ3n) is 2.64. The first-order valence-electron chi connectivity index (χ1n) is 5.57. The Labute approximate surface area is 117 Å². The molecule has 0 atom stereocenters. The highest BCUT2D eigenvalue weighted by atomic mass is 32.3. The highest BCUT2D eigenvalue weighted by Gasteiger charge is 2.15. The lowest BCUT2D eigenvalue weighted by atomic mass is 10.0. The van der Waals surface area contributed by atoms with Crippen LogP contribution in [0.3, 0.4) is 0 Å². The Morgan fingerprint density at radius 2 is 1.80 bits per heavy atom. The summed E-state index contributed by atoms with van der Waals surface area (Å²) in [5.41, 5.74) is 1.94. The maximum atomic E-state index is 10.3. The minimum atomic E-state index is -4.70. The summed E-state index contributed by atoms with van der Waals surface area (Å²) < 4.78 is 35.2.